The van der Waals surface area contributed by atoms with E-state index in [9.17, 15) is 0 Å². The minimum Gasteiger partial charge on any atom is -0.497 e. The van der Waals surface area contributed by atoms with Crippen molar-refractivity contribution in [3.05, 3.63) is 59.8 Å². The number of benzene rings is 2. The zero-order chi connectivity index (χ0) is 16.9. The van der Waals surface area contributed by atoms with Crippen LogP contribution in [-0.4, -0.2) is 24.6 Å². The second-order valence-electron chi connectivity index (χ2n) is 5.68. The summed E-state index contributed by atoms with van der Waals surface area (Å²) in [7, 11) is 1.64. The van der Waals surface area contributed by atoms with Crippen molar-refractivity contribution >= 4 is 22.5 Å². The van der Waals surface area contributed by atoms with Gasteiger partial charge in [0.1, 0.15) is 5.75 Å². The Hall–Kier alpha value is -2.95. The molecule has 0 unspecified atom stereocenters. The summed E-state index contributed by atoms with van der Waals surface area (Å²) in [5.74, 6) is 1.22. The maximum atomic E-state index is 5.96. The zero-order valence-corrected chi connectivity index (χ0v) is 14.0. The third kappa shape index (κ3) is 3.51. The van der Waals surface area contributed by atoms with Gasteiger partial charge in [0.2, 0.25) is 0 Å². The molecule has 0 amide bonds. The van der Waals surface area contributed by atoms with Crippen molar-refractivity contribution in [2.75, 3.05) is 19.0 Å². The molecule has 4 N–H and O–H groups in total. The first kappa shape index (κ1) is 15.9. The van der Waals surface area contributed by atoms with Gasteiger partial charge < -0.3 is 20.8 Å². The Balaban J connectivity index is 1.62. The lowest BCUT2D eigenvalue weighted by Crippen LogP contribution is -2.23. The van der Waals surface area contributed by atoms with Gasteiger partial charge in [-0.3, -0.25) is 4.99 Å². The van der Waals surface area contributed by atoms with Crippen LogP contribution in [0.4, 0.5) is 5.69 Å². The lowest BCUT2D eigenvalue weighted by atomic mass is 10.1. The van der Waals surface area contributed by atoms with Gasteiger partial charge in [0.05, 0.1) is 7.11 Å². The Bertz CT molecular complexity index is 849. The van der Waals surface area contributed by atoms with Crippen LogP contribution in [0.5, 0.6) is 5.75 Å². The van der Waals surface area contributed by atoms with E-state index >= 15 is 0 Å². The number of hydrogen-bond donors (Lipinski definition) is 3. The van der Waals surface area contributed by atoms with Crippen LogP contribution in [0.25, 0.3) is 10.9 Å². The first-order valence-electron chi connectivity index (χ1n) is 7.94. The van der Waals surface area contributed by atoms with Crippen LogP contribution in [0, 0.1) is 6.92 Å². The normalized spacial score (nSPS) is 11.7. The highest BCUT2D eigenvalue weighted by Crippen LogP contribution is 2.22. The molecule has 0 spiro atoms. The van der Waals surface area contributed by atoms with E-state index in [2.05, 4.69) is 46.6 Å². The van der Waals surface area contributed by atoms with Crippen molar-refractivity contribution < 1.29 is 4.74 Å². The second-order valence-corrected chi connectivity index (χ2v) is 5.68. The van der Waals surface area contributed by atoms with E-state index in [0.717, 1.165) is 17.9 Å². The molecule has 1 heterocycles. The van der Waals surface area contributed by atoms with Gasteiger partial charge >= 0.3 is 0 Å². The van der Waals surface area contributed by atoms with Crippen molar-refractivity contribution in [3.63, 3.8) is 0 Å². The van der Waals surface area contributed by atoms with Crippen molar-refractivity contribution in [1.82, 2.24) is 4.98 Å². The number of hydrogen-bond acceptors (Lipinski definition) is 2. The molecule has 24 heavy (non-hydrogen) atoms. The SMILES string of the molecule is COc1ccc(NC(N)=NCCc2c[nH]c3cccc(C)c23)cc1. The molecule has 0 aliphatic heterocycles. The number of aliphatic imine (C=N–C) groups is 1. The molecule has 0 saturated heterocycles. The summed E-state index contributed by atoms with van der Waals surface area (Å²) < 4.78 is 5.13. The minimum atomic E-state index is 0.414. The molecule has 0 saturated carbocycles. The molecular formula is C19H22N4O. The molecule has 0 aliphatic rings. The van der Waals surface area contributed by atoms with Crippen LogP contribution in [0.2, 0.25) is 0 Å². The summed E-state index contributed by atoms with van der Waals surface area (Å²) in [5.41, 5.74) is 10.6. The Labute approximate surface area is 141 Å². The molecule has 5 nitrogen and oxygen atoms in total. The fourth-order valence-corrected chi connectivity index (χ4v) is 2.81. The number of ether oxygens (including phenoxy) is 1. The monoisotopic (exact) mass is 322 g/mol. The average molecular weight is 322 g/mol. The zero-order valence-electron chi connectivity index (χ0n) is 14.0. The summed E-state index contributed by atoms with van der Waals surface area (Å²) in [6, 6.07) is 13.9. The highest BCUT2D eigenvalue weighted by Gasteiger charge is 2.05. The highest BCUT2D eigenvalue weighted by atomic mass is 16.5. The van der Waals surface area contributed by atoms with E-state index in [0.29, 0.717) is 12.5 Å². The van der Waals surface area contributed by atoms with Crippen LogP contribution in [-0.2, 0) is 6.42 Å². The van der Waals surface area contributed by atoms with Crippen molar-refractivity contribution in [3.8, 4) is 5.75 Å². The number of nitrogens with zero attached hydrogens (tertiary/aromatic N) is 1. The number of H-pyrrole nitrogens is 1. The average Bonchev–Trinajstić information content (AvgIpc) is 3.00. The summed E-state index contributed by atoms with van der Waals surface area (Å²) in [6.07, 6.45) is 2.90. The predicted octanol–water partition coefficient (Wildman–Crippen LogP) is 3.45. The van der Waals surface area contributed by atoms with Crippen molar-refractivity contribution in [1.29, 1.82) is 0 Å². The summed E-state index contributed by atoms with van der Waals surface area (Å²) in [6.45, 7) is 2.76. The number of aromatic nitrogens is 1. The minimum absolute atomic E-state index is 0.414. The molecule has 2 aromatic carbocycles. The molecule has 0 aliphatic carbocycles. The van der Waals surface area contributed by atoms with Gasteiger partial charge in [-0.25, -0.2) is 0 Å². The fourth-order valence-electron chi connectivity index (χ4n) is 2.81. The lowest BCUT2D eigenvalue weighted by molar-refractivity contribution is 0.415. The topological polar surface area (TPSA) is 75.4 Å². The van der Waals surface area contributed by atoms with E-state index in [1.807, 2.05) is 24.3 Å². The number of nitrogens with one attached hydrogen (secondary N) is 2. The Morgan fingerprint density at radius 2 is 2.00 bits per heavy atom. The third-order valence-corrected chi connectivity index (χ3v) is 4.02. The van der Waals surface area contributed by atoms with Crippen LogP contribution >= 0.6 is 0 Å². The molecule has 0 fully saturated rings. The second kappa shape index (κ2) is 7.08. The molecule has 0 atom stereocenters. The molecule has 0 radical (unpaired) electrons. The van der Waals surface area contributed by atoms with E-state index in [4.69, 9.17) is 10.5 Å². The molecule has 1 aromatic heterocycles. The van der Waals surface area contributed by atoms with Crippen molar-refractivity contribution in [2.24, 2.45) is 10.7 Å². The van der Waals surface area contributed by atoms with Gasteiger partial charge in [-0.05, 0) is 54.8 Å². The molecule has 3 rings (SSSR count). The first-order chi connectivity index (χ1) is 11.7. The Morgan fingerprint density at radius 1 is 1.21 bits per heavy atom. The molecule has 3 aromatic rings. The summed E-state index contributed by atoms with van der Waals surface area (Å²) in [5, 5.41) is 4.37. The number of anilines is 1. The number of rotatable bonds is 5. The lowest BCUT2D eigenvalue weighted by Gasteiger charge is -2.06. The number of fused-ring (bicyclic) bond motifs is 1. The quantitative estimate of drug-likeness (QED) is 0.497. The van der Waals surface area contributed by atoms with Gasteiger partial charge in [-0.2, -0.15) is 0 Å². The third-order valence-electron chi connectivity index (χ3n) is 4.02. The van der Waals surface area contributed by atoms with E-state index in [1.54, 1.807) is 7.11 Å². The van der Waals surface area contributed by atoms with Gasteiger partial charge in [0, 0.05) is 29.3 Å². The van der Waals surface area contributed by atoms with E-state index < -0.39 is 0 Å². The number of guanidine groups is 1. The van der Waals surface area contributed by atoms with Crippen LogP contribution in [0.1, 0.15) is 11.1 Å². The van der Waals surface area contributed by atoms with Crippen LogP contribution < -0.4 is 15.8 Å². The van der Waals surface area contributed by atoms with Gasteiger partial charge in [0.15, 0.2) is 5.96 Å². The molecular weight excluding hydrogens is 300 g/mol. The number of methoxy groups -OCH3 is 1. The summed E-state index contributed by atoms with van der Waals surface area (Å²) in [4.78, 5) is 7.72. The maximum Gasteiger partial charge on any atom is 0.193 e. The predicted molar refractivity (Wildman–Crippen MR) is 99.8 cm³/mol. The summed E-state index contributed by atoms with van der Waals surface area (Å²) >= 11 is 0. The van der Waals surface area contributed by atoms with E-state index in [1.165, 1.54) is 22.0 Å². The Morgan fingerprint density at radius 3 is 2.75 bits per heavy atom. The molecule has 124 valence electrons. The van der Waals surface area contributed by atoms with Gasteiger partial charge in [0.25, 0.3) is 0 Å². The van der Waals surface area contributed by atoms with Gasteiger partial charge in [-0.15, -0.1) is 0 Å². The maximum absolute atomic E-state index is 5.96. The molecule has 5 heteroatoms. The van der Waals surface area contributed by atoms with E-state index in [-0.39, 0.29) is 0 Å². The number of nitrogens with two attached hydrogens (primary N) is 1. The smallest absolute Gasteiger partial charge is 0.193 e. The highest BCUT2D eigenvalue weighted by molar-refractivity contribution is 5.92. The number of aryl methyl sites for hydroxylation is 1. The standard InChI is InChI=1S/C19H22N4O/c1-13-4-3-5-17-18(13)14(12-22-17)10-11-21-19(20)23-15-6-8-16(24-2)9-7-15/h3-9,12,22H,10-11H2,1-2H3,(H3,20,21,23). The van der Waals surface area contributed by atoms with Crippen LogP contribution in [0.15, 0.2) is 53.7 Å². The van der Waals surface area contributed by atoms with Crippen LogP contribution in [0.3, 0.4) is 0 Å². The number of aromatic amines is 1. The Kier molecular flexibility index (Phi) is 4.70. The van der Waals surface area contributed by atoms with Crippen molar-refractivity contribution in [2.45, 2.75) is 13.3 Å². The first-order valence-corrected chi connectivity index (χ1v) is 7.94. The van der Waals surface area contributed by atoms with Gasteiger partial charge in [-0.1, -0.05) is 12.1 Å². The largest absolute Gasteiger partial charge is 0.497 e. The molecule has 0 bridgehead atoms. The fraction of sp³-hybridized carbons (Fsp3) is 0.211.